The highest BCUT2D eigenvalue weighted by Crippen LogP contribution is 2.40. The number of hydrogen-bond acceptors (Lipinski definition) is 2. The van der Waals surface area contributed by atoms with E-state index in [4.69, 9.17) is 5.26 Å². The molecule has 0 aliphatic heterocycles. The van der Waals surface area contributed by atoms with E-state index in [9.17, 15) is 31.1 Å². The smallest absolute Gasteiger partial charge is 0.339 e. The molecule has 1 unspecified atom stereocenters. The molecule has 1 fully saturated rings. The maximum atomic E-state index is 12.2. The zero-order chi connectivity index (χ0) is 14.1. The van der Waals surface area contributed by atoms with E-state index in [0.29, 0.717) is 12.8 Å². The third kappa shape index (κ3) is 3.51. The van der Waals surface area contributed by atoms with E-state index >= 15 is 0 Å². The van der Waals surface area contributed by atoms with Crippen LogP contribution in [-0.4, -0.2) is 24.3 Å². The van der Waals surface area contributed by atoms with Crippen molar-refractivity contribution in [1.82, 2.24) is 5.32 Å². The normalized spacial score (nSPS) is 18.3. The fourth-order valence-electron chi connectivity index (χ4n) is 1.40. The van der Waals surface area contributed by atoms with Crippen molar-refractivity contribution in [2.75, 3.05) is 0 Å². The lowest BCUT2D eigenvalue weighted by Crippen LogP contribution is -2.50. The van der Waals surface area contributed by atoms with Gasteiger partial charge in [-0.3, -0.25) is 4.79 Å². The summed E-state index contributed by atoms with van der Waals surface area (Å²) in [5.74, 6) is -6.69. The van der Waals surface area contributed by atoms with Crippen molar-refractivity contribution < 1.29 is 31.1 Å². The third-order valence-corrected chi connectivity index (χ3v) is 2.45. The Morgan fingerprint density at radius 2 is 1.61 bits per heavy atom. The highest BCUT2D eigenvalue weighted by atomic mass is 19.4. The molecule has 102 valence electrons. The SMILES string of the molecule is N#CC(NC(=O)C(C(F)(F)F)C(F)(F)F)C1CC1. The molecule has 0 heterocycles. The maximum Gasteiger partial charge on any atom is 0.409 e. The van der Waals surface area contributed by atoms with Crippen LogP contribution in [0, 0.1) is 23.2 Å². The summed E-state index contributed by atoms with van der Waals surface area (Å²) in [4.78, 5) is 11.0. The van der Waals surface area contributed by atoms with E-state index in [1.54, 1.807) is 0 Å². The molecule has 1 amide bonds. The average molecular weight is 274 g/mol. The lowest BCUT2D eigenvalue weighted by molar-refractivity contribution is -0.274. The molecule has 0 aromatic carbocycles. The fraction of sp³-hybridized carbons (Fsp3) is 0.778. The summed E-state index contributed by atoms with van der Waals surface area (Å²) in [6.07, 6.45) is -10.5. The van der Waals surface area contributed by atoms with Gasteiger partial charge in [-0.05, 0) is 18.8 Å². The van der Waals surface area contributed by atoms with Crippen LogP contribution in [0.25, 0.3) is 0 Å². The van der Waals surface area contributed by atoms with E-state index in [1.165, 1.54) is 11.4 Å². The monoisotopic (exact) mass is 274 g/mol. The highest BCUT2D eigenvalue weighted by molar-refractivity contribution is 5.81. The molecule has 0 saturated heterocycles. The van der Waals surface area contributed by atoms with Crippen LogP contribution in [-0.2, 0) is 4.79 Å². The van der Waals surface area contributed by atoms with Crippen molar-refractivity contribution in [2.24, 2.45) is 11.8 Å². The second kappa shape index (κ2) is 4.66. The van der Waals surface area contributed by atoms with E-state index in [-0.39, 0.29) is 5.92 Å². The van der Waals surface area contributed by atoms with Gasteiger partial charge in [0.2, 0.25) is 11.8 Å². The fourth-order valence-corrected chi connectivity index (χ4v) is 1.40. The van der Waals surface area contributed by atoms with Gasteiger partial charge >= 0.3 is 12.4 Å². The molecule has 3 nitrogen and oxygen atoms in total. The van der Waals surface area contributed by atoms with Crippen LogP contribution >= 0.6 is 0 Å². The number of amides is 1. The standard InChI is InChI=1S/C9H8F6N2O/c10-8(11,12)6(9(13,14)15)7(18)17-5(3-16)4-1-2-4/h4-6H,1-2H2,(H,17,18). The van der Waals surface area contributed by atoms with Gasteiger partial charge in [-0.1, -0.05) is 0 Å². The number of alkyl halides is 6. The molecule has 1 atom stereocenters. The Morgan fingerprint density at radius 3 is 1.89 bits per heavy atom. The Labute approximate surface area is 97.8 Å². The zero-order valence-electron chi connectivity index (χ0n) is 8.77. The highest BCUT2D eigenvalue weighted by Gasteiger charge is 2.61. The number of halogens is 6. The Balaban J connectivity index is 2.81. The first-order valence-electron chi connectivity index (χ1n) is 4.90. The second-order valence-electron chi connectivity index (χ2n) is 3.97. The Morgan fingerprint density at radius 1 is 1.17 bits per heavy atom. The predicted molar refractivity (Wildman–Crippen MR) is 45.9 cm³/mol. The number of hydrogen-bond donors (Lipinski definition) is 1. The van der Waals surface area contributed by atoms with Gasteiger partial charge in [0.05, 0.1) is 6.07 Å². The van der Waals surface area contributed by atoms with Crippen molar-refractivity contribution in [2.45, 2.75) is 31.2 Å². The molecule has 1 aliphatic rings. The Bertz CT molecular complexity index is 351. The number of carbonyl (C=O) groups excluding carboxylic acids is 1. The number of carbonyl (C=O) groups is 1. The molecule has 1 aliphatic carbocycles. The third-order valence-electron chi connectivity index (χ3n) is 2.45. The van der Waals surface area contributed by atoms with Gasteiger partial charge < -0.3 is 5.32 Å². The van der Waals surface area contributed by atoms with Crippen molar-refractivity contribution in [1.29, 1.82) is 5.26 Å². The number of rotatable bonds is 3. The number of nitrogens with zero attached hydrogens (tertiary/aromatic N) is 1. The second-order valence-corrected chi connectivity index (χ2v) is 3.97. The maximum absolute atomic E-state index is 12.2. The molecule has 18 heavy (non-hydrogen) atoms. The van der Waals surface area contributed by atoms with Crippen LogP contribution in [0.4, 0.5) is 26.3 Å². The molecule has 9 heteroatoms. The van der Waals surface area contributed by atoms with Gasteiger partial charge in [0.15, 0.2) is 0 Å². The average Bonchev–Trinajstić information content (AvgIpc) is 2.91. The first-order valence-corrected chi connectivity index (χ1v) is 4.90. The summed E-state index contributed by atoms with van der Waals surface area (Å²) in [5, 5.41) is 10.0. The van der Waals surface area contributed by atoms with Gasteiger partial charge in [-0.2, -0.15) is 31.6 Å². The molecule has 0 spiro atoms. The summed E-state index contributed by atoms with van der Waals surface area (Å²) < 4.78 is 73.0. The van der Waals surface area contributed by atoms with Crippen molar-refractivity contribution in [3.8, 4) is 6.07 Å². The van der Waals surface area contributed by atoms with Crippen molar-refractivity contribution in [3.05, 3.63) is 0 Å². The zero-order valence-corrected chi connectivity index (χ0v) is 8.77. The van der Waals surface area contributed by atoms with Crippen LogP contribution < -0.4 is 5.32 Å². The predicted octanol–water partition coefficient (Wildman–Crippen LogP) is 2.15. The lowest BCUT2D eigenvalue weighted by Gasteiger charge is -2.23. The molecule has 0 radical (unpaired) electrons. The molecule has 0 aromatic rings. The molecule has 1 N–H and O–H groups in total. The Hall–Kier alpha value is -1.46. The summed E-state index contributed by atoms with van der Waals surface area (Å²) in [6.45, 7) is 0. The van der Waals surface area contributed by atoms with Crippen molar-refractivity contribution >= 4 is 5.91 Å². The van der Waals surface area contributed by atoms with Crippen LogP contribution in [0.1, 0.15) is 12.8 Å². The number of nitriles is 1. The number of nitrogens with one attached hydrogen (secondary N) is 1. The largest absolute Gasteiger partial charge is 0.409 e. The Kier molecular flexibility index (Phi) is 3.78. The van der Waals surface area contributed by atoms with E-state index in [2.05, 4.69) is 0 Å². The van der Waals surface area contributed by atoms with E-state index < -0.39 is 30.2 Å². The first kappa shape index (κ1) is 14.6. The van der Waals surface area contributed by atoms with Crippen molar-refractivity contribution in [3.63, 3.8) is 0 Å². The minimum absolute atomic E-state index is 0.360. The topological polar surface area (TPSA) is 52.9 Å². The van der Waals surface area contributed by atoms with E-state index in [1.807, 2.05) is 0 Å². The van der Waals surface area contributed by atoms with Gasteiger partial charge in [0.1, 0.15) is 6.04 Å². The molecule has 1 rings (SSSR count). The quantitative estimate of drug-likeness (QED) is 0.802. The summed E-state index contributed by atoms with van der Waals surface area (Å²) >= 11 is 0. The molecular formula is C9H8F6N2O. The molecule has 0 bridgehead atoms. The van der Waals surface area contributed by atoms with Crippen LogP contribution in [0.15, 0.2) is 0 Å². The molecular weight excluding hydrogens is 266 g/mol. The van der Waals surface area contributed by atoms with Crippen LogP contribution in [0.3, 0.4) is 0 Å². The van der Waals surface area contributed by atoms with Gasteiger partial charge in [0.25, 0.3) is 0 Å². The van der Waals surface area contributed by atoms with Gasteiger partial charge in [-0.15, -0.1) is 0 Å². The minimum Gasteiger partial charge on any atom is -0.339 e. The summed E-state index contributed by atoms with van der Waals surface area (Å²) in [5.41, 5.74) is 0. The lowest BCUT2D eigenvalue weighted by atomic mass is 10.1. The van der Waals surface area contributed by atoms with Crippen LogP contribution in [0.2, 0.25) is 0 Å². The molecule has 0 aromatic heterocycles. The summed E-state index contributed by atoms with van der Waals surface area (Å²) in [7, 11) is 0. The van der Waals surface area contributed by atoms with Gasteiger partial charge in [-0.25, -0.2) is 0 Å². The minimum atomic E-state index is -5.73. The first-order chi connectivity index (χ1) is 8.07. The van der Waals surface area contributed by atoms with E-state index in [0.717, 1.165) is 0 Å². The summed E-state index contributed by atoms with van der Waals surface area (Å²) in [6, 6.07) is 0.185. The molecule has 1 saturated carbocycles. The van der Waals surface area contributed by atoms with Crippen LogP contribution in [0.5, 0.6) is 0 Å². The van der Waals surface area contributed by atoms with Gasteiger partial charge in [0, 0.05) is 0 Å².